The van der Waals surface area contributed by atoms with E-state index in [1.165, 1.54) is 0 Å². The predicted octanol–water partition coefficient (Wildman–Crippen LogP) is 0.896. The van der Waals surface area contributed by atoms with Crippen molar-refractivity contribution in [3.8, 4) is 0 Å². The van der Waals surface area contributed by atoms with E-state index in [4.69, 9.17) is 9.47 Å². The molecular formula is C20H31N3O6S. The first-order chi connectivity index (χ1) is 14.4. The first-order valence-corrected chi connectivity index (χ1v) is 12.5. The summed E-state index contributed by atoms with van der Waals surface area (Å²) in [6.45, 7) is 4.54. The largest absolute Gasteiger partial charge is 0.465 e. The van der Waals surface area contributed by atoms with E-state index in [1.807, 2.05) is 11.6 Å². The Morgan fingerprint density at radius 2 is 2.13 bits per heavy atom. The van der Waals surface area contributed by atoms with Crippen LogP contribution >= 0.6 is 0 Å². The molecule has 1 aromatic rings. The van der Waals surface area contributed by atoms with Crippen LogP contribution in [0.15, 0.2) is 0 Å². The summed E-state index contributed by atoms with van der Waals surface area (Å²) in [7, 11) is -3.11. The lowest BCUT2D eigenvalue weighted by molar-refractivity contribution is -0.147. The fourth-order valence-electron chi connectivity index (χ4n) is 3.89. The molecule has 1 N–H and O–H groups in total. The second kappa shape index (κ2) is 10.4. The van der Waals surface area contributed by atoms with E-state index in [1.54, 1.807) is 0 Å². The lowest BCUT2D eigenvalue weighted by Crippen LogP contribution is -2.26. The van der Waals surface area contributed by atoms with Gasteiger partial charge in [0.05, 0.1) is 41.0 Å². The number of sulfone groups is 1. The molecule has 1 amide bonds. The Kier molecular flexibility index (Phi) is 7.87. The number of nitrogens with one attached hydrogen (secondary N) is 1. The second-order valence-electron chi connectivity index (χ2n) is 7.79. The second-order valence-corrected chi connectivity index (χ2v) is 10.0. The average molecular weight is 442 g/mol. The molecule has 1 atom stereocenters. The minimum atomic E-state index is -3.11. The Labute approximate surface area is 177 Å². The zero-order chi connectivity index (χ0) is 21.6. The van der Waals surface area contributed by atoms with Gasteiger partial charge in [0.25, 0.3) is 5.91 Å². The maximum Gasteiger partial charge on any atom is 0.309 e. The van der Waals surface area contributed by atoms with Gasteiger partial charge in [-0.3, -0.25) is 14.3 Å². The van der Waals surface area contributed by atoms with Crippen molar-refractivity contribution < 1.29 is 27.5 Å². The number of aryl methyl sites for hydroxylation is 2. The number of amides is 1. The summed E-state index contributed by atoms with van der Waals surface area (Å²) in [4.78, 5) is 24.8. The third-order valence-electron chi connectivity index (χ3n) is 5.47. The smallest absolute Gasteiger partial charge is 0.309 e. The highest BCUT2D eigenvalue weighted by atomic mass is 32.2. The third kappa shape index (κ3) is 5.81. The molecule has 0 aliphatic carbocycles. The van der Waals surface area contributed by atoms with Crippen LogP contribution in [-0.4, -0.2) is 67.9 Å². The van der Waals surface area contributed by atoms with Crippen LogP contribution in [-0.2, 0) is 43.5 Å². The summed E-state index contributed by atoms with van der Waals surface area (Å²) in [5.74, 6) is -1.15. The van der Waals surface area contributed by atoms with Crippen molar-refractivity contribution in [2.45, 2.75) is 52.0 Å². The number of hydrogen-bond donors (Lipinski definition) is 1. The van der Waals surface area contributed by atoms with Crippen LogP contribution in [0.3, 0.4) is 0 Å². The Bertz CT molecular complexity index is 864. The Morgan fingerprint density at radius 3 is 2.87 bits per heavy atom. The first kappa shape index (κ1) is 22.7. The molecule has 10 heteroatoms. The third-order valence-corrected chi connectivity index (χ3v) is 7.24. The zero-order valence-corrected chi connectivity index (χ0v) is 18.3. The number of carbonyl (C=O) groups is 2. The minimum Gasteiger partial charge on any atom is -0.465 e. The van der Waals surface area contributed by atoms with Gasteiger partial charge in [-0.15, -0.1) is 0 Å². The van der Waals surface area contributed by atoms with Gasteiger partial charge in [-0.2, -0.15) is 5.10 Å². The number of esters is 1. The minimum absolute atomic E-state index is 0.0533. The molecule has 1 unspecified atom stereocenters. The highest BCUT2D eigenvalue weighted by molar-refractivity contribution is 7.91. The number of hydrogen-bond acceptors (Lipinski definition) is 7. The number of carbonyl (C=O) groups excluding carboxylic acids is 2. The lowest BCUT2D eigenvalue weighted by atomic mass is 10.1. The van der Waals surface area contributed by atoms with E-state index in [9.17, 15) is 18.0 Å². The number of rotatable bonds is 6. The van der Waals surface area contributed by atoms with Gasteiger partial charge in [0.1, 0.15) is 0 Å². The van der Waals surface area contributed by atoms with Crippen molar-refractivity contribution in [2.24, 2.45) is 5.92 Å². The summed E-state index contributed by atoms with van der Waals surface area (Å²) < 4.78 is 35.8. The Morgan fingerprint density at radius 1 is 1.33 bits per heavy atom. The fourth-order valence-corrected chi connectivity index (χ4v) is 5.62. The van der Waals surface area contributed by atoms with Gasteiger partial charge >= 0.3 is 5.97 Å². The van der Waals surface area contributed by atoms with Gasteiger partial charge in [-0.05, 0) is 32.1 Å². The van der Waals surface area contributed by atoms with E-state index in [0.29, 0.717) is 57.6 Å². The fraction of sp³-hybridized carbons (Fsp3) is 0.750. The lowest BCUT2D eigenvalue weighted by Gasteiger charge is -2.11. The number of aromatic nitrogens is 2. The topological polar surface area (TPSA) is 117 Å². The van der Waals surface area contributed by atoms with Crippen molar-refractivity contribution >= 4 is 21.7 Å². The monoisotopic (exact) mass is 441 g/mol. The molecule has 2 aliphatic rings. The van der Waals surface area contributed by atoms with Crippen molar-refractivity contribution in [3.05, 3.63) is 17.0 Å². The highest BCUT2D eigenvalue weighted by Gasteiger charge is 2.34. The van der Waals surface area contributed by atoms with E-state index >= 15 is 0 Å². The quantitative estimate of drug-likeness (QED) is 0.515. The normalized spacial score (nSPS) is 22.0. The molecular weight excluding hydrogens is 410 g/mol. The predicted molar refractivity (Wildman–Crippen MR) is 110 cm³/mol. The van der Waals surface area contributed by atoms with Crippen LogP contribution in [0.1, 0.15) is 54.4 Å². The summed E-state index contributed by atoms with van der Waals surface area (Å²) in [5.41, 5.74) is 2.33. The maximum absolute atomic E-state index is 12.7. The molecule has 3 heterocycles. The molecule has 0 radical (unpaired) electrons. The summed E-state index contributed by atoms with van der Waals surface area (Å²) in [5, 5.41) is 7.59. The summed E-state index contributed by atoms with van der Waals surface area (Å²) in [6.07, 6.45) is 3.82. The molecule has 0 saturated carbocycles. The van der Waals surface area contributed by atoms with Crippen LogP contribution < -0.4 is 5.32 Å². The van der Waals surface area contributed by atoms with Crippen molar-refractivity contribution in [2.75, 3.05) is 37.9 Å². The number of nitrogens with zero attached hydrogens (tertiary/aromatic N) is 2. The molecule has 0 bridgehead atoms. The van der Waals surface area contributed by atoms with Gasteiger partial charge in [-0.25, -0.2) is 8.42 Å². The molecule has 9 nitrogen and oxygen atoms in total. The molecule has 1 saturated heterocycles. The van der Waals surface area contributed by atoms with Gasteiger partial charge in [-0.1, -0.05) is 6.92 Å². The summed E-state index contributed by atoms with van der Waals surface area (Å²) in [6, 6.07) is 0. The van der Waals surface area contributed by atoms with Gasteiger partial charge in [0.15, 0.2) is 9.84 Å². The molecule has 1 aromatic heterocycles. The van der Waals surface area contributed by atoms with E-state index in [0.717, 1.165) is 24.2 Å². The first-order valence-electron chi connectivity index (χ1n) is 10.7. The number of fused-ring (bicyclic) bond motifs is 1. The maximum atomic E-state index is 12.7. The summed E-state index contributed by atoms with van der Waals surface area (Å²) >= 11 is 0. The highest BCUT2D eigenvalue weighted by Crippen LogP contribution is 2.21. The Hall–Kier alpha value is -1.94. The van der Waals surface area contributed by atoms with E-state index in [2.05, 4.69) is 10.4 Å². The molecule has 3 rings (SSSR count). The van der Waals surface area contributed by atoms with Gasteiger partial charge in [0.2, 0.25) is 0 Å². The SMILES string of the molecule is CCc1nn(CCCOC(=O)C2CCS(=O)(=O)C2)c2c1C(=O)NCCCOCCC2. The van der Waals surface area contributed by atoms with Crippen molar-refractivity contribution in [3.63, 3.8) is 0 Å². The van der Waals surface area contributed by atoms with Gasteiger partial charge < -0.3 is 14.8 Å². The van der Waals surface area contributed by atoms with Crippen LogP contribution in [0.5, 0.6) is 0 Å². The van der Waals surface area contributed by atoms with E-state index < -0.39 is 21.7 Å². The van der Waals surface area contributed by atoms with Gasteiger partial charge in [0, 0.05) is 32.7 Å². The standard InChI is InChI=1S/C20H31N3O6S/c1-2-16-18-17(6-3-10-28-11-4-8-21-19(18)24)23(22-16)9-5-12-29-20(25)15-7-13-30(26,27)14-15/h15H,2-14H2,1H3,(H,21,24). The van der Waals surface area contributed by atoms with Crippen molar-refractivity contribution in [1.29, 1.82) is 0 Å². The molecule has 0 spiro atoms. The van der Waals surface area contributed by atoms with Crippen LogP contribution in [0.25, 0.3) is 0 Å². The van der Waals surface area contributed by atoms with Crippen molar-refractivity contribution in [1.82, 2.24) is 15.1 Å². The van der Waals surface area contributed by atoms with Crippen LogP contribution in [0, 0.1) is 5.92 Å². The zero-order valence-electron chi connectivity index (χ0n) is 17.5. The molecule has 2 aliphatic heterocycles. The van der Waals surface area contributed by atoms with E-state index in [-0.39, 0.29) is 24.0 Å². The average Bonchev–Trinajstić information content (AvgIpc) is 3.25. The molecule has 168 valence electrons. The number of ether oxygens (including phenoxy) is 2. The molecule has 1 fully saturated rings. The molecule has 30 heavy (non-hydrogen) atoms. The molecule has 0 aromatic carbocycles. The Balaban J connectivity index is 1.61. The van der Waals surface area contributed by atoms with Crippen LogP contribution in [0.4, 0.5) is 0 Å². The van der Waals surface area contributed by atoms with Crippen LogP contribution in [0.2, 0.25) is 0 Å².